The van der Waals surface area contributed by atoms with Crippen molar-refractivity contribution >= 4 is 17.7 Å². The lowest BCUT2D eigenvalue weighted by atomic mass is 9.85. The van der Waals surface area contributed by atoms with Crippen molar-refractivity contribution in [2.24, 2.45) is 0 Å². The van der Waals surface area contributed by atoms with Gasteiger partial charge in [0.1, 0.15) is 0 Å². The summed E-state index contributed by atoms with van der Waals surface area (Å²) in [6.07, 6.45) is 2.62. The van der Waals surface area contributed by atoms with Gasteiger partial charge in [-0.1, -0.05) is 19.1 Å². The van der Waals surface area contributed by atoms with Gasteiger partial charge in [-0.05, 0) is 43.5 Å². The van der Waals surface area contributed by atoms with Crippen molar-refractivity contribution in [2.75, 3.05) is 31.6 Å². The molecule has 1 saturated heterocycles. The molecule has 7 heteroatoms. The monoisotopic (exact) mass is 361 g/mol. The number of carboxylic acids is 1. The van der Waals surface area contributed by atoms with E-state index in [2.05, 4.69) is 10.6 Å². The zero-order chi connectivity index (χ0) is 18.5. The first-order valence-corrected chi connectivity index (χ1v) is 9.26. The normalized spacial score (nSPS) is 24.9. The van der Waals surface area contributed by atoms with E-state index >= 15 is 0 Å². The Hall–Kier alpha value is -2.12. The van der Waals surface area contributed by atoms with Crippen LogP contribution in [0, 0.1) is 0 Å². The molecule has 1 heterocycles. The van der Waals surface area contributed by atoms with E-state index in [1.54, 1.807) is 0 Å². The average molecular weight is 361 g/mol. The van der Waals surface area contributed by atoms with Crippen molar-refractivity contribution in [1.82, 2.24) is 10.2 Å². The van der Waals surface area contributed by atoms with Gasteiger partial charge in [-0.3, -0.25) is 9.69 Å². The van der Waals surface area contributed by atoms with Crippen LogP contribution in [-0.4, -0.2) is 60.4 Å². The molecular formula is C19H27N3O4. The molecule has 2 fully saturated rings. The molecule has 3 rings (SSSR count). The summed E-state index contributed by atoms with van der Waals surface area (Å²) < 4.78 is 5.41. The third-order valence-electron chi connectivity index (χ3n) is 5.28. The SMILES string of the molecule is CCN(CC(=O)O)C1CC(NC(=O)Nc2ccc(C3CCOC3)cc2)C1. The van der Waals surface area contributed by atoms with Gasteiger partial charge in [0.2, 0.25) is 0 Å². The molecule has 142 valence electrons. The number of anilines is 1. The molecule has 2 amide bonds. The van der Waals surface area contributed by atoms with Gasteiger partial charge in [0.05, 0.1) is 13.2 Å². The molecule has 26 heavy (non-hydrogen) atoms. The number of ether oxygens (including phenoxy) is 1. The van der Waals surface area contributed by atoms with Gasteiger partial charge in [0, 0.05) is 30.3 Å². The fraction of sp³-hybridized carbons (Fsp3) is 0.579. The Labute approximate surface area is 153 Å². The highest BCUT2D eigenvalue weighted by molar-refractivity contribution is 5.89. The van der Waals surface area contributed by atoms with Crippen LogP contribution >= 0.6 is 0 Å². The maximum atomic E-state index is 12.1. The maximum absolute atomic E-state index is 12.1. The summed E-state index contributed by atoms with van der Waals surface area (Å²) in [5.74, 6) is -0.356. The van der Waals surface area contributed by atoms with Gasteiger partial charge in [0.25, 0.3) is 0 Å². The van der Waals surface area contributed by atoms with Gasteiger partial charge in [0.15, 0.2) is 0 Å². The number of rotatable bonds is 7. The number of benzene rings is 1. The molecule has 0 bridgehead atoms. The van der Waals surface area contributed by atoms with E-state index in [0.29, 0.717) is 12.5 Å². The second-order valence-electron chi connectivity index (χ2n) is 7.06. The van der Waals surface area contributed by atoms with Crippen LogP contribution in [0.1, 0.15) is 37.7 Å². The Balaban J connectivity index is 1.41. The van der Waals surface area contributed by atoms with Crippen LogP contribution in [0.25, 0.3) is 0 Å². The number of likely N-dealkylation sites (N-methyl/N-ethyl adjacent to an activating group) is 1. The summed E-state index contributed by atoms with van der Waals surface area (Å²) in [7, 11) is 0. The number of carboxylic acid groups (broad SMARTS) is 1. The van der Waals surface area contributed by atoms with Gasteiger partial charge in [-0.15, -0.1) is 0 Å². The number of aliphatic carboxylic acids is 1. The molecule has 1 saturated carbocycles. The Morgan fingerprint density at radius 2 is 2.00 bits per heavy atom. The fourth-order valence-corrected chi connectivity index (χ4v) is 3.67. The highest BCUT2D eigenvalue weighted by atomic mass is 16.5. The lowest BCUT2D eigenvalue weighted by molar-refractivity contribution is -0.139. The van der Waals surface area contributed by atoms with Crippen molar-refractivity contribution in [2.45, 2.75) is 44.2 Å². The smallest absolute Gasteiger partial charge is 0.319 e. The Morgan fingerprint density at radius 3 is 2.58 bits per heavy atom. The third kappa shape index (κ3) is 4.74. The van der Waals surface area contributed by atoms with E-state index in [4.69, 9.17) is 9.84 Å². The molecule has 3 N–H and O–H groups in total. The van der Waals surface area contributed by atoms with Gasteiger partial charge in [-0.25, -0.2) is 4.79 Å². The molecule has 2 aliphatic rings. The maximum Gasteiger partial charge on any atom is 0.319 e. The van der Waals surface area contributed by atoms with E-state index in [-0.39, 0.29) is 24.7 Å². The number of nitrogens with one attached hydrogen (secondary N) is 2. The standard InChI is InChI=1S/C19H27N3O4/c1-2-22(11-18(23)24)17-9-16(10-17)21-19(25)20-15-5-3-13(4-6-15)14-7-8-26-12-14/h3-6,14,16-17H,2,7-12H2,1H3,(H,23,24)(H2,20,21,25). The van der Waals surface area contributed by atoms with Crippen molar-refractivity contribution in [1.29, 1.82) is 0 Å². The van der Waals surface area contributed by atoms with Crippen molar-refractivity contribution < 1.29 is 19.4 Å². The minimum Gasteiger partial charge on any atom is -0.480 e. The molecule has 7 nitrogen and oxygen atoms in total. The summed E-state index contributed by atoms with van der Waals surface area (Å²) in [5, 5.41) is 14.7. The van der Waals surface area contributed by atoms with Crippen LogP contribution in [0.3, 0.4) is 0 Å². The molecule has 1 atom stereocenters. The number of nitrogens with zero attached hydrogens (tertiary/aromatic N) is 1. The van der Waals surface area contributed by atoms with E-state index in [0.717, 1.165) is 38.2 Å². The number of urea groups is 1. The fourth-order valence-electron chi connectivity index (χ4n) is 3.67. The van der Waals surface area contributed by atoms with Crippen LogP contribution in [0.4, 0.5) is 10.5 Å². The molecule has 0 spiro atoms. The lowest BCUT2D eigenvalue weighted by Gasteiger charge is -2.42. The van der Waals surface area contributed by atoms with E-state index < -0.39 is 5.97 Å². The van der Waals surface area contributed by atoms with Crippen LogP contribution in [-0.2, 0) is 9.53 Å². The molecular weight excluding hydrogens is 334 g/mol. The summed E-state index contributed by atoms with van der Waals surface area (Å²) in [4.78, 5) is 24.9. The number of hydrogen-bond acceptors (Lipinski definition) is 4. The first-order valence-electron chi connectivity index (χ1n) is 9.26. The van der Waals surface area contributed by atoms with Crippen molar-refractivity contribution in [3.05, 3.63) is 29.8 Å². The Bertz CT molecular complexity index is 622. The van der Waals surface area contributed by atoms with E-state index in [1.165, 1.54) is 5.56 Å². The van der Waals surface area contributed by atoms with Gasteiger partial charge in [-0.2, -0.15) is 0 Å². The average Bonchev–Trinajstić information content (AvgIpc) is 3.11. The largest absolute Gasteiger partial charge is 0.480 e. The Morgan fingerprint density at radius 1 is 1.27 bits per heavy atom. The predicted octanol–water partition coefficient (Wildman–Crippen LogP) is 2.25. The molecule has 0 radical (unpaired) electrons. The summed E-state index contributed by atoms with van der Waals surface area (Å²) in [5.41, 5.74) is 2.01. The second-order valence-corrected chi connectivity index (χ2v) is 7.06. The highest BCUT2D eigenvalue weighted by Gasteiger charge is 2.34. The highest BCUT2D eigenvalue weighted by Crippen LogP contribution is 2.27. The zero-order valence-corrected chi connectivity index (χ0v) is 15.1. The molecule has 1 unspecified atom stereocenters. The van der Waals surface area contributed by atoms with Gasteiger partial charge < -0.3 is 20.5 Å². The topological polar surface area (TPSA) is 90.9 Å². The summed E-state index contributed by atoms with van der Waals surface area (Å²) in [6, 6.07) is 8.03. The quantitative estimate of drug-likeness (QED) is 0.693. The van der Waals surface area contributed by atoms with Crippen LogP contribution < -0.4 is 10.6 Å². The van der Waals surface area contributed by atoms with Crippen molar-refractivity contribution in [3.63, 3.8) is 0 Å². The molecule has 1 aromatic rings. The summed E-state index contributed by atoms with van der Waals surface area (Å²) >= 11 is 0. The third-order valence-corrected chi connectivity index (χ3v) is 5.28. The number of hydrogen-bond donors (Lipinski definition) is 3. The van der Waals surface area contributed by atoms with Gasteiger partial charge >= 0.3 is 12.0 Å². The van der Waals surface area contributed by atoms with E-state index in [9.17, 15) is 9.59 Å². The zero-order valence-electron chi connectivity index (χ0n) is 15.1. The van der Waals surface area contributed by atoms with E-state index in [1.807, 2.05) is 36.1 Å². The summed E-state index contributed by atoms with van der Waals surface area (Å²) in [6.45, 7) is 4.30. The first kappa shape index (κ1) is 18.7. The molecule has 1 aromatic carbocycles. The number of amides is 2. The minimum atomic E-state index is -0.811. The number of carbonyl (C=O) groups is 2. The predicted molar refractivity (Wildman–Crippen MR) is 98.5 cm³/mol. The number of carbonyl (C=O) groups excluding carboxylic acids is 1. The van der Waals surface area contributed by atoms with Crippen LogP contribution in [0.15, 0.2) is 24.3 Å². The first-order chi connectivity index (χ1) is 12.5. The molecule has 1 aliphatic heterocycles. The Kier molecular flexibility index (Phi) is 6.11. The molecule has 0 aromatic heterocycles. The lowest BCUT2D eigenvalue weighted by Crippen LogP contribution is -2.55. The van der Waals surface area contributed by atoms with Crippen molar-refractivity contribution in [3.8, 4) is 0 Å². The van der Waals surface area contributed by atoms with Crippen LogP contribution in [0.5, 0.6) is 0 Å². The minimum absolute atomic E-state index is 0.0540. The van der Waals surface area contributed by atoms with Crippen LogP contribution in [0.2, 0.25) is 0 Å². The second kappa shape index (κ2) is 8.51. The molecule has 1 aliphatic carbocycles.